The maximum absolute atomic E-state index is 5.80. The van der Waals surface area contributed by atoms with E-state index >= 15 is 0 Å². The van der Waals surface area contributed by atoms with Crippen LogP contribution in [0.5, 0.6) is 11.5 Å². The molecule has 0 aliphatic rings. The number of anilines is 1. The van der Waals surface area contributed by atoms with E-state index in [2.05, 4.69) is 29.4 Å². The van der Waals surface area contributed by atoms with Crippen molar-refractivity contribution >= 4 is 5.69 Å². The van der Waals surface area contributed by atoms with Crippen LogP contribution in [0.3, 0.4) is 0 Å². The summed E-state index contributed by atoms with van der Waals surface area (Å²) in [7, 11) is 0. The third-order valence-corrected chi connectivity index (χ3v) is 4.12. The molecule has 0 atom stereocenters. The Labute approximate surface area is 158 Å². The second-order valence-corrected chi connectivity index (χ2v) is 6.31. The van der Waals surface area contributed by atoms with Gasteiger partial charge in [-0.2, -0.15) is 0 Å². The van der Waals surface area contributed by atoms with Crippen LogP contribution >= 0.6 is 0 Å². The molecule has 0 saturated heterocycles. The summed E-state index contributed by atoms with van der Waals surface area (Å²) >= 11 is 0. The van der Waals surface area contributed by atoms with Crippen molar-refractivity contribution in [1.82, 2.24) is 4.98 Å². The first kappa shape index (κ1) is 16.9. The van der Waals surface area contributed by atoms with Crippen molar-refractivity contribution in [2.45, 2.75) is 13.5 Å². The highest BCUT2D eigenvalue weighted by Crippen LogP contribution is 2.23. The third-order valence-electron chi connectivity index (χ3n) is 4.12. The Kier molecular flexibility index (Phi) is 4.88. The molecule has 0 unspecified atom stereocenters. The van der Waals surface area contributed by atoms with Gasteiger partial charge in [0.15, 0.2) is 0 Å². The van der Waals surface area contributed by atoms with Crippen molar-refractivity contribution in [2.24, 2.45) is 0 Å². The highest BCUT2D eigenvalue weighted by molar-refractivity contribution is 5.54. The summed E-state index contributed by atoms with van der Waals surface area (Å²) in [4.78, 5) is 4.56. The van der Waals surface area contributed by atoms with Gasteiger partial charge in [0, 0.05) is 11.3 Å². The van der Waals surface area contributed by atoms with E-state index in [4.69, 9.17) is 9.15 Å². The maximum atomic E-state index is 5.80. The normalized spacial score (nSPS) is 10.6. The van der Waals surface area contributed by atoms with E-state index in [0.29, 0.717) is 12.4 Å². The Morgan fingerprint density at radius 2 is 1.67 bits per heavy atom. The lowest BCUT2D eigenvalue weighted by Gasteiger charge is -2.07. The lowest BCUT2D eigenvalue weighted by Crippen LogP contribution is -1.99. The van der Waals surface area contributed by atoms with Crippen LogP contribution in [0.1, 0.15) is 11.3 Å². The zero-order valence-electron chi connectivity index (χ0n) is 15.1. The largest absolute Gasteiger partial charge is 0.457 e. The molecule has 4 aromatic rings. The first-order chi connectivity index (χ1) is 13.3. The van der Waals surface area contributed by atoms with Gasteiger partial charge >= 0.3 is 0 Å². The molecule has 27 heavy (non-hydrogen) atoms. The number of para-hydroxylation sites is 1. The number of nitrogens with zero attached hydrogens (tertiary/aromatic N) is 1. The van der Waals surface area contributed by atoms with Crippen molar-refractivity contribution in [3.63, 3.8) is 0 Å². The molecule has 0 fully saturated rings. The lowest BCUT2D eigenvalue weighted by molar-refractivity contribution is 0.483. The highest BCUT2D eigenvalue weighted by Gasteiger charge is 2.07. The molecule has 0 aliphatic heterocycles. The lowest BCUT2D eigenvalue weighted by atomic mass is 10.1. The Morgan fingerprint density at radius 1 is 0.889 bits per heavy atom. The molecule has 4 nitrogen and oxygen atoms in total. The van der Waals surface area contributed by atoms with Crippen LogP contribution < -0.4 is 10.1 Å². The highest BCUT2D eigenvalue weighted by atomic mass is 16.5. The van der Waals surface area contributed by atoms with Crippen molar-refractivity contribution in [1.29, 1.82) is 0 Å². The van der Waals surface area contributed by atoms with Crippen LogP contribution in [-0.4, -0.2) is 4.98 Å². The quantitative estimate of drug-likeness (QED) is 0.456. The van der Waals surface area contributed by atoms with Crippen LogP contribution in [0.25, 0.3) is 11.5 Å². The fourth-order valence-corrected chi connectivity index (χ4v) is 2.76. The minimum Gasteiger partial charge on any atom is -0.457 e. The zero-order valence-corrected chi connectivity index (χ0v) is 15.1. The topological polar surface area (TPSA) is 47.3 Å². The van der Waals surface area contributed by atoms with Crippen molar-refractivity contribution in [3.8, 4) is 23.0 Å². The van der Waals surface area contributed by atoms with Gasteiger partial charge in [-0.3, -0.25) is 0 Å². The number of oxazole rings is 1. The number of ether oxygens (including phenoxy) is 1. The average Bonchev–Trinajstić information content (AvgIpc) is 3.17. The molecule has 1 aromatic heterocycles. The predicted molar refractivity (Wildman–Crippen MR) is 107 cm³/mol. The van der Waals surface area contributed by atoms with Gasteiger partial charge in [-0.1, -0.05) is 35.9 Å². The number of hydrogen-bond donors (Lipinski definition) is 1. The van der Waals surface area contributed by atoms with E-state index in [1.54, 1.807) is 6.26 Å². The van der Waals surface area contributed by atoms with Gasteiger partial charge in [0.05, 0.1) is 12.2 Å². The number of nitrogens with one attached hydrogen (secondary N) is 1. The van der Waals surface area contributed by atoms with Gasteiger partial charge in [0.25, 0.3) is 0 Å². The second-order valence-electron chi connectivity index (χ2n) is 6.31. The Bertz CT molecular complexity index is 1010. The summed E-state index contributed by atoms with van der Waals surface area (Å²) in [5.74, 6) is 2.27. The fourth-order valence-electron chi connectivity index (χ4n) is 2.76. The van der Waals surface area contributed by atoms with Crippen LogP contribution in [0.4, 0.5) is 5.69 Å². The third kappa shape index (κ3) is 4.36. The number of rotatable bonds is 6. The predicted octanol–water partition coefficient (Wildman–Crippen LogP) is 6.05. The molecule has 0 aliphatic carbocycles. The zero-order chi connectivity index (χ0) is 18.5. The van der Waals surface area contributed by atoms with E-state index < -0.39 is 0 Å². The monoisotopic (exact) mass is 356 g/mol. The number of aryl methyl sites for hydroxylation is 1. The molecule has 1 N–H and O–H groups in total. The average molecular weight is 356 g/mol. The number of benzene rings is 3. The molecule has 4 rings (SSSR count). The standard InChI is InChI=1S/C23H20N2O2/c1-17-6-5-7-18(14-17)23-25-20(16-26-23)15-24-19-10-12-22(13-11-19)27-21-8-3-2-4-9-21/h2-14,16,24H,15H2,1H3. The SMILES string of the molecule is Cc1cccc(-c2nc(CNc3ccc(Oc4ccccc4)cc3)co2)c1. The van der Waals surface area contributed by atoms with Gasteiger partial charge in [-0.15, -0.1) is 0 Å². The molecule has 3 aromatic carbocycles. The van der Waals surface area contributed by atoms with E-state index in [9.17, 15) is 0 Å². The Morgan fingerprint density at radius 3 is 2.44 bits per heavy atom. The molecule has 0 amide bonds. The smallest absolute Gasteiger partial charge is 0.226 e. The maximum Gasteiger partial charge on any atom is 0.226 e. The molecule has 1 heterocycles. The molecule has 0 bridgehead atoms. The molecule has 134 valence electrons. The summed E-state index contributed by atoms with van der Waals surface area (Å²) in [6.45, 7) is 2.65. The van der Waals surface area contributed by atoms with Crippen molar-refractivity contribution < 1.29 is 9.15 Å². The van der Waals surface area contributed by atoms with E-state index in [1.165, 1.54) is 5.56 Å². The summed E-state index contributed by atoms with van der Waals surface area (Å²) in [6, 6.07) is 25.7. The van der Waals surface area contributed by atoms with Crippen molar-refractivity contribution in [3.05, 3.63) is 96.4 Å². The molecule has 0 spiro atoms. The van der Waals surface area contributed by atoms with Crippen LogP contribution in [0.2, 0.25) is 0 Å². The molecule has 0 radical (unpaired) electrons. The molecular weight excluding hydrogens is 336 g/mol. The van der Waals surface area contributed by atoms with Gasteiger partial charge in [-0.05, 0) is 55.5 Å². The summed E-state index contributed by atoms with van der Waals surface area (Å²) in [5, 5.41) is 3.35. The van der Waals surface area contributed by atoms with Gasteiger partial charge in [-0.25, -0.2) is 4.98 Å². The first-order valence-corrected chi connectivity index (χ1v) is 8.84. The summed E-state index contributed by atoms with van der Waals surface area (Å²) in [6.07, 6.45) is 1.69. The number of aromatic nitrogens is 1. The number of hydrogen-bond acceptors (Lipinski definition) is 4. The van der Waals surface area contributed by atoms with Crippen LogP contribution in [0.15, 0.2) is 89.5 Å². The van der Waals surface area contributed by atoms with Crippen LogP contribution in [-0.2, 0) is 6.54 Å². The van der Waals surface area contributed by atoms with Crippen molar-refractivity contribution in [2.75, 3.05) is 5.32 Å². The van der Waals surface area contributed by atoms with E-state index in [1.807, 2.05) is 66.7 Å². The molecule has 0 saturated carbocycles. The summed E-state index contributed by atoms with van der Waals surface area (Å²) < 4.78 is 11.4. The molecule has 4 heteroatoms. The summed E-state index contributed by atoms with van der Waals surface area (Å²) in [5.41, 5.74) is 4.03. The second kappa shape index (κ2) is 7.79. The first-order valence-electron chi connectivity index (χ1n) is 8.84. The van der Waals surface area contributed by atoms with E-state index in [-0.39, 0.29) is 0 Å². The Balaban J connectivity index is 1.36. The Hall–Kier alpha value is -3.53. The van der Waals surface area contributed by atoms with Gasteiger partial charge in [0.1, 0.15) is 17.8 Å². The van der Waals surface area contributed by atoms with Gasteiger partial charge in [0.2, 0.25) is 5.89 Å². The van der Waals surface area contributed by atoms with Gasteiger partial charge < -0.3 is 14.5 Å². The molecular formula is C23H20N2O2. The van der Waals surface area contributed by atoms with Crippen LogP contribution in [0, 0.1) is 6.92 Å². The fraction of sp³-hybridized carbons (Fsp3) is 0.0870. The van der Waals surface area contributed by atoms with E-state index in [0.717, 1.165) is 28.4 Å². The minimum absolute atomic E-state index is 0.591. The minimum atomic E-state index is 0.591.